The molecule has 1 saturated heterocycles. The van der Waals surface area contributed by atoms with Crippen molar-refractivity contribution in [2.75, 3.05) is 26.2 Å². The Labute approximate surface area is 111 Å². The second kappa shape index (κ2) is 6.60. The fourth-order valence-electron chi connectivity index (χ4n) is 2.48. The van der Waals surface area contributed by atoms with E-state index in [1.807, 2.05) is 0 Å². The lowest BCUT2D eigenvalue weighted by atomic mass is 10.1. The first-order valence-corrected chi connectivity index (χ1v) is 6.98. The minimum Gasteiger partial charge on any atom is -0.384 e. The van der Waals surface area contributed by atoms with Crippen LogP contribution in [0.25, 0.3) is 5.70 Å². The van der Waals surface area contributed by atoms with Crippen LogP contribution in [0.4, 0.5) is 0 Å². The van der Waals surface area contributed by atoms with Gasteiger partial charge in [0.2, 0.25) is 0 Å². The van der Waals surface area contributed by atoms with Crippen LogP contribution < -0.4 is 5.32 Å². The summed E-state index contributed by atoms with van der Waals surface area (Å²) in [6.07, 6.45) is 4.12. The molecule has 0 spiro atoms. The Morgan fingerprint density at radius 2 is 2.06 bits per heavy atom. The van der Waals surface area contributed by atoms with Gasteiger partial charge in [-0.3, -0.25) is 0 Å². The molecule has 1 aliphatic heterocycles. The summed E-state index contributed by atoms with van der Waals surface area (Å²) in [6.45, 7) is 10.9. The molecule has 0 aliphatic carbocycles. The summed E-state index contributed by atoms with van der Waals surface area (Å²) in [5, 5.41) is 3.44. The van der Waals surface area contributed by atoms with Crippen LogP contribution in [0.3, 0.4) is 0 Å². The molecule has 1 N–H and O–H groups in total. The quantitative estimate of drug-likeness (QED) is 0.856. The van der Waals surface area contributed by atoms with Crippen LogP contribution in [0.5, 0.6) is 0 Å². The lowest BCUT2D eigenvalue weighted by molar-refractivity contribution is 0.232. The SMILES string of the molecule is C=C(NCCN1CCCCC1)c1cccc(C)c1. The maximum atomic E-state index is 4.12. The summed E-state index contributed by atoms with van der Waals surface area (Å²) >= 11 is 0. The Kier molecular flexibility index (Phi) is 4.82. The van der Waals surface area contributed by atoms with Crippen molar-refractivity contribution < 1.29 is 0 Å². The monoisotopic (exact) mass is 244 g/mol. The molecular formula is C16H24N2. The third kappa shape index (κ3) is 3.88. The van der Waals surface area contributed by atoms with Crippen molar-refractivity contribution in [3.8, 4) is 0 Å². The summed E-state index contributed by atoms with van der Waals surface area (Å²) in [5.74, 6) is 0. The molecule has 1 aromatic carbocycles. The Hall–Kier alpha value is -1.28. The van der Waals surface area contributed by atoms with Crippen LogP contribution in [0, 0.1) is 6.92 Å². The summed E-state index contributed by atoms with van der Waals surface area (Å²) in [4.78, 5) is 2.54. The third-order valence-electron chi connectivity index (χ3n) is 3.58. The van der Waals surface area contributed by atoms with Crippen molar-refractivity contribution in [1.29, 1.82) is 0 Å². The molecule has 0 amide bonds. The third-order valence-corrected chi connectivity index (χ3v) is 3.58. The highest BCUT2D eigenvalue weighted by Gasteiger charge is 2.09. The van der Waals surface area contributed by atoms with E-state index in [1.54, 1.807) is 0 Å². The molecule has 98 valence electrons. The first-order valence-electron chi connectivity index (χ1n) is 6.98. The van der Waals surface area contributed by atoms with Gasteiger partial charge < -0.3 is 10.2 Å². The summed E-state index contributed by atoms with van der Waals surface area (Å²) in [7, 11) is 0. The van der Waals surface area contributed by atoms with E-state index >= 15 is 0 Å². The molecule has 0 atom stereocenters. The molecule has 1 fully saturated rings. The number of aryl methyl sites for hydroxylation is 1. The maximum absolute atomic E-state index is 4.12. The van der Waals surface area contributed by atoms with Crippen molar-refractivity contribution in [1.82, 2.24) is 10.2 Å². The van der Waals surface area contributed by atoms with Gasteiger partial charge in [0.05, 0.1) is 0 Å². The number of likely N-dealkylation sites (tertiary alicyclic amines) is 1. The van der Waals surface area contributed by atoms with E-state index < -0.39 is 0 Å². The number of hydrogen-bond acceptors (Lipinski definition) is 2. The van der Waals surface area contributed by atoms with Gasteiger partial charge in [-0.2, -0.15) is 0 Å². The summed E-state index contributed by atoms with van der Waals surface area (Å²) < 4.78 is 0. The molecule has 1 aromatic rings. The van der Waals surface area contributed by atoms with E-state index in [1.165, 1.54) is 43.5 Å². The van der Waals surface area contributed by atoms with E-state index in [0.717, 1.165) is 18.8 Å². The molecule has 1 aliphatic rings. The molecule has 2 heteroatoms. The predicted octanol–water partition coefficient (Wildman–Crippen LogP) is 3.04. The smallest absolute Gasteiger partial charge is 0.0341 e. The molecule has 2 rings (SSSR count). The molecule has 2 nitrogen and oxygen atoms in total. The lowest BCUT2D eigenvalue weighted by Gasteiger charge is -2.26. The minimum atomic E-state index is 0.993. The normalized spacial score (nSPS) is 16.5. The zero-order valence-electron chi connectivity index (χ0n) is 11.4. The number of rotatable bonds is 5. The molecule has 18 heavy (non-hydrogen) atoms. The number of nitrogens with one attached hydrogen (secondary N) is 1. The average Bonchev–Trinajstić information content (AvgIpc) is 2.40. The van der Waals surface area contributed by atoms with E-state index in [0.29, 0.717) is 0 Å². The number of nitrogens with zero attached hydrogens (tertiary/aromatic N) is 1. The van der Waals surface area contributed by atoms with Crippen LogP contribution in [-0.4, -0.2) is 31.1 Å². The fraction of sp³-hybridized carbons (Fsp3) is 0.500. The van der Waals surface area contributed by atoms with Crippen LogP contribution >= 0.6 is 0 Å². The molecular weight excluding hydrogens is 220 g/mol. The maximum Gasteiger partial charge on any atom is 0.0341 e. The molecule has 0 saturated carbocycles. The number of benzene rings is 1. The molecule has 0 bridgehead atoms. The van der Waals surface area contributed by atoms with Gasteiger partial charge >= 0.3 is 0 Å². The van der Waals surface area contributed by atoms with Crippen LogP contribution in [0.2, 0.25) is 0 Å². The highest BCUT2D eigenvalue weighted by Crippen LogP contribution is 2.11. The first-order chi connectivity index (χ1) is 8.75. The zero-order valence-corrected chi connectivity index (χ0v) is 11.4. The Morgan fingerprint density at radius 1 is 1.28 bits per heavy atom. The van der Waals surface area contributed by atoms with Gasteiger partial charge in [-0.25, -0.2) is 0 Å². The van der Waals surface area contributed by atoms with E-state index in [2.05, 4.69) is 48.0 Å². The first kappa shape index (κ1) is 13.2. The highest BCUT2D eigenvalue weighted by atomic mass is 15.1. The van der Waals surface area contributed by atoms with E-state index in [-0.39, 0.29) is 0 Å². The number of piperidine rings is 1. The Morgan fingerprint density at radius 3 is 2.78 bits per heavy atom. The highest BCUT2D eigenvalue weighted by molar-refractivity contribution is 5.62. The molecule has 0 aromatic heterocycles. The minimum absolute atomic E-state index is 0.993. The predicted molar refractivity (Wildman–Crippen MR) is 78.5 cm³/mol. The van der Waals surface area contributed by atoms with E-state index in [4.69, 9.17) is 0 Å². The largest absolute Gasteiger partial charge is 0.384 e. The lowest BCUT2D eigenvalue weighted by Crippen LogP contribution is -2.35. The Balaban J connectivity index is 1.74. The average molecular weight is 244 g/mol. The van der Waals surface area contributed by atoms with Crippen molar-refractivity contribution >= 4 is 5.70 Å². The second-order valence-electron chi connectivity index (χ2n) is 5.18. The van der Waals surface area contributed by atoms with Gasteiger partial charge in [-0.05, 0) is 44.5 Å². The van der Waals surface area contributed by atoms with Crippen molar-refractivity contribution in [3.63, 3.8) is 0 Å². The Bertz CT molecular complexity index is 392. The standard InChI is InChI=1S/C16H24N2/c1-14-7-6-8-16(13-14)15(2)17-9-12-18-10-4-3-5-11-18/h6-8,13,17H,2-5,9-12H2,1H3. The second-order valence-corrected chi connectivity index (χ2v) is 5.18. The topological polar surface area (TPSA) is 15.3 Å². The van der Waals surface area contributed by atoms with Gasteiger partial charge in [0.1, 0.15) is 0 Å². The molecule has 1 heterocycles. The summed E-state index contributed by atoms with van der Waals surface area (Å²) in [5.41, 5.74) is 3.52. The van der Waals surface area contributed by atoms with Crippen LogP contribution in [-0.2, 0) is 0 Å². The van der Waals surface area contributed by atoms with Gasteiger partial charge in [0.15, 0.2) is 0 Å². The van der Waals surface area contributed by atoms with Crippen molar-refractivity contribution in [2.45, 2.75) is 26.2 Å². The van der Waals surface area contributed by atoms with Crippen LogP contribution in [0.15, 0.2) is 30.8 Å². The fourth-order valence-corrected chi connectivity index (χ4v) is 2.48. The van der Waals surface area contributed by atoms with Gasteiger partial charge in [0.25, 0.3) is 0 Å². The van der Waals surface area contributed by atoms with Gasteiger partial charge in [-0.15, -0.1) is 0 Å². The molecule has 0 unspecified atom stereocenters. The van der Waals surface area contributed by atoms with Crippen LogP contribution in [0.1, 0.15) is 30.4 Å². The van der Waals surface area contributed by atoms with Crippen molar-refractivity contribution in [3.05, 3.63) is 42.0 Å². The van der Waals surface area contributed by atoms with Gasteiger partial charge in [0, 0.05) is 18.8 Å². The summed E-state index contributed by atoms with van der Waals surface area (Å²) in [6, 6.07) is 8.49. The number of hydrogen-bond donors (Lipinski definition) is 1. The molecule has 0 radical (unpaired) electrons. The van der Waals surface area contributed by atoms with Crippen molar-refractivity contribution in [2.24, 2.45) is 0 Å². The van der Waals surface area contributed by atoms with E-state index in [9.17, 15) is 0 Å². The van der Waals surface area contributed by atoms with Gasteiger partial charge in [-0.1, -0.05) is 36.8 Å². The zero-order chi connectivity index (χ0) is 12.8.